The van der Waals surface area contributed by atoms with Crippen molar-refractivity contribution in [3.63, 3.8) is 0 Å². The van der Waals surface area contributed by atoms with Gasteiger partial charge in [-0.2, -0.15) is 0 Å². The fourth-order valence-corrected chi connectivity index (χ4v) is 1.09. The van der Waals surface area contributed by atoms with Gasteiger partial charge in [0.05, 0.1) is 0 Å². The van der Waals surface area contributed by atoms with E-state index in [1.807, 2.05) is 13.8 Å². The van der Waals surface area contributed by atoms with Crippen LogP contribution in [0.5, 0.6) is 0 Å². The molecule has 4 nitrogen and oxygen atoms in total. The molecule has 0 unspecified atom stereocenters. The van der Waals surface area contributed by atoms with Crippen LogP contribution in [0.4, 0.5) is 0 Å². The molecule has 2 N–H and O–H groups in total. The van der Waals surface area contributed by atoms with E-state index in [4.69, 9.17) is 10.2 Å². The topological polar surface area (TPSA) is 74.6 Å². The molecule has 0 radical (unpaired) electrons. The zero-order valence-electron chi connectivity index (χ0n) is 8.49. The van der Waals surface area contributed by atoms with Gasteiger partial charge in [0.25, 0.3) is 0 Å². The number of rotatable bonds is 6. The maximum atomic E-state index is 10.6. The van der Waals surface area contributed by atoms with Crippen LogP contribution in [-0.4, -0.2) is 22.2 Å². The second-order valence-electron chi connectivity index (χ2n) is 3.60. The minimum absolute atomic E-state index is 0.0295. The molecule has 0 heterocycles. The van der Waals surface area contributed by atoms with Crippen molar-refractivity contribution in [3.05, 3.63) is 11.6 Å². The second kappa shape index (κ2) is 6.18. The molecule has 0 rings (SSSR count). The molecule has 0 saturated heterocycles. The molecule has 14 heavy (non-hydrogen) atoms. The molecule has 0 aromatic rings. The maximum Gasteiger partial charge on any atom is 0.331 e. The van der Waals surface area contributed by atoms with Gasteiger partial charge in [0.1, 0.15) is 0 Å². The zero-order valence-corrected chi connectivity index (χ0v) is 8.49. The van der Waals surface area contributed by atoms with Crippen LogP contribution in [0.3, 0.4) is 0 Å². The normalized spacial score (nSPS) is 11.8. The van der Waals surface area contributed by atoms with Gasteiger partial charge in [-0.1, -0.05) is 20.3 Å². The summed E-state index contributed by atoms with van der Waals surface area (Å²) in [6, 6.07) is 0. The Morgan fingerprint density at radius 3 is 2.21 bits per heavy atom. The lowest BCUT2D eigenvalue weighted by Gasteiger charge is -2.04. The average Bonchev–Trinajstić information content (AvgIpc) is 2.00. The van der Waals surface area contributed by atoms with Crippen LogP contribution in [0.25, 0.3) is 0 Å². The molecule has 0 aliphatic heterocycles. The minimum atomic E-state index is -1.20. The lowest BCUT2D eigenvalue weighted by Crippen LogP contribution is -2.04. The van der Waals surface area contributed by atoms with Crippen LogP contribution in [0.2, 0.25) is 0 Å². The van der Waals surface area contributed by atoms with Crippen molar-refractivity contribution in [1.82, 2.24) is 0 Å². The summed E-state index contributed by atoms with van der Waals surface area (Å²) < 4.78 is 0. The number of hydrogen-bond donors (Lipinski definition) is 2. The summed E-state index contributed by atoms with van der Waals surface area (Å²) in [7, 11) is 0. The van der Waals surface area contributed by atoms with E-state index in [-0.39, 0.29) is 5.57 Å². The van der Waals surface area contributed by atoms with Crippen LogP contribution in [0.1, 0.15) is 33.1 Å². The van der Waals surface area contributed by atoms with Crippen molar-refractivity contribution in [2.24, 2.45) is 5.92 Å². The van der Waals surface area contributed by atoms with E-state index in [9.17, 15) is 9.59 Å². The molecule has 80 valence electrons. The van der Waals surface area contributed by atoms with Crippen molar-refractivity contribution in [2.45, 2.75) is 33.1 Å². The number of carboxylic acid groups (broad SMARTS) is 2. The Balaban J connectivity index is 4.12. The average molecular weight is 200 g/mol. The van der Waals surface area contributed by atoms with E-state index in [0.29, 0.717) is 18.8 Å². The molecular weight excluding hydrogens is 184 g/mol. The van der Waals surface area contributed by atoms with E-state index < -0.39 is 11.9 Å². The van der Waals surface area contributed by atoms with Gasteiger partial charge in [0, 0.05) is 11.6 Å². The van der Waals surface area contributed by atoms with Crippen molar-refractivity contribution in [3.8, 4) is 0 Å². The van der Waals surface area contributed by atoms with E-state index in [1.54, 1.807) is 0 Å². The van der Waals surface area contributed by atoms with Gasteiger partial charge < -0.3 is 10.2 Å². The van der Waals surface area contributed by atoms with Gasteiger partial charge in [0.2, 0.25) is 0 Å². The van der Waals surface area contributed by atoms with E-state index in [1.165, 1.54) is 0 Å². The quantitative estimate of drug-likeness (QED) is 0.642. The van der Waals surface area contributed by atoms with Crippen molar-refractivity contribution >= 4 is 11.9 Å². The molecule has 0 amide bonds. The Morgan fingerprint density at radius 1 is 1.29 bits per heavy atom. The molecule has 0 aromatic heterocycles. The van der Waals surface area contributed by atoms with Gasteiger partial charge in [-0.15, -0.1) is 0 Å². The largest absolute Gasteiger partial charge is 0.478 e. The van der Waals surface area contributed by atoms with Crippen molar-refractivity contribution in [1.29, 1.82) is 0 Å². The first kappa shape index (κ1) is 12.7. The van der Waals surface area contributed by atoms with E-state index >= 15 is 0 Å². The van der Waals surface area contributed by atoms with Crippen LogP contribution >= 0.6 is 0 Å². The Morgan fingerprint density at radius 2 is 1.86 bits per heavy atom. The van der Waals surface area contributed by atoms with Crippen LogP contribution in [-0.2, 0) is 9.59 Å². The highest BCUT2D eigenvalue weighted by Crippen LogP contribution is 2.12. The molecule has 0 aliphatic carbocycles. The first-order valence-corrected chi connectivity index (χ1v) is 4.60. The fourth-order valence-electron chi connectivity index (χ4n) is 1.09. The summed E-state index contributed by atoms with van der Waals surface area (Å²) >= 11 is 0. The Labute approximate surface area is 83.2 Å². The molecule has 0 spiro atoms. The first-order chi connectivity index (χ1) is 6.43. The highest BCUT2D eigenvalue weighted by atomic mass is 16.4. The summed E-state index contributed by atoms with van der Waals surface area (Å²) in [5.41, 5.74) is -0.0295. The predicted octanol–water partition coefficient (Wildman–Crippen LogP) is 1.91. The first-order valence-electron chi connectivity index (χ1n) is 4.60. The SMILES string of the molecule is CC(C)CCC/C(=C\C(=O)O)C(=O)O. The van der Waals surface area contributed by atoms with Crippen molar-refractivity contribution in [2.75, 3.05) is 0 Å². The predicted molar refractivity (Wildman–Crippen MR) is 52.0 cm³/mol. The van der Waals surface area contributed by atoms with E-state index in [0.717, 1.165) is 12.5 Å². The number of carbonyl (C=O) groups is 2. The summed E-state index contributed by atoms with van der Waals surface area (Å²) in [6.07, 6.45) is 2.70. The summed E-state index contributed by atoms with van der Waals surface area (Å²) in [6.45, 7) is 4.09. The summed E-state index contributed by atoms with van der Waals surface area (Å²) in [5, 5.41) is 17.1. The zero-order chi connectivity index (χ0) is 11.1. The molecule has 0 saturated carbocycles. The van der Waals surface area contributed by atoms with Gasteiger partial charge in [-0.3, -0.25) is 0 Å². The highest BCUT2D eigenvalue weighted by molar-refractivity contribution is 5.94. The number of carboxylic acids is 2. The van der Waals surface area contributed by atoms with E-state index in [2.05, 4.69) is 0 Å². The summed E-state index contributed by atoms with van der Waals surface area (Å²) in [5.74, 6) is -1.84. The standard InChI is InChI=1S/C10H16O4/c1-7(2)4-3-5-8(10(13)14)6-9(11)12/h6-7H,3-5H2,1-2H3,(H,11,12)(H,13,14)/b8-6+. The smallest absolute Gasteiger partial charge is 0.331 e. The monoisotopic (exact) mass is 200 g/mol. The van der Waals surface area contributed by atoms with Gasteiger partial charge >= 0.3 is 11.9 Å². The van der Waals surface area contributed by atoms with Crippen molar-refractivity contribution < 1.29 is 19.8 Å². The molecule has 0 aromatic carbocycles. The second-order valence-corrected chi connectivity index (χ2v) is 3.60. The number of hydrogen-bond acceptors (Lipinski definition) is 2. The number of aliphatic carboxylic acids is 2. The van der Waals surface area contributed by atoms with Gasteiger partial charge in [-0.05, 0) is 18.8 Å². The molecule has 0 aliphatic rings. The molecule has 0 bridgehead atoms. The molecule has 0 fully saturated rings. The lowest BCUT2D eigenvalue weighted by atomic mass is 10.0. The third kappa shape index (κ3) is 6.22. The fraction of sp³-hybridized carbons (Fsp3) is 0.600. The van der Waals surface area contributed by atoms with Crippen LogP contribution in [0.15, 0.2) is 11.6 Å². The Hall–Kier alpha value is -1.32. The minimum Gasteiger partial charge on any atom is -0.478 e. The Bertz CT molecular complexity index is 241. The Kier molecular flexibility index (Phi) is 5.60. The van der Waals surface area contributed by atoms with Gasteiger partial charge in [-0.25, -0.2) is 9.59 Å². The molecular formula is C10H16O4. The maximum absolute atomic E-state index is 10.6. The van der Waals surface area contributed by atoms with Crippen LogP contribution in [0, 0.1) is 5.92 Å². The molecule has 4 heteroatoms. The lowest BCUT2D eigenvalue weighted by molar-refractivity contribution is -0.135. The third-order valence-electron chi connectivity index (χ3n) is 1.80. The van der Waals surface area contributed by atoms with Crippen LogP contribution < -0.4 is 0 Å². The summed E-state index contributed by atoms with van der Waals surface area (Å²) in [4.78, 5) is 20.9. The molecule has 0 atom stereocenters. The van der Waals surface area contributed by atoms with Gasteiger partial charge in [0.15, 0.2) is 0 Å². The third-order valence-corrected chi connectivity index (χ3v) is 1.80. The highest BCUT2D eigenvalue weighted by Gasteiger charge is 2.09.